The molecule has 0 amide bonds. The fraction of sp³-hybridized carbons (Fsp3) is 0.571. The van der Waals surface area contributed by atoms with E-state index in [1.807, 2.05) is 17.8 Å². The van der Waals surface area contributed by atoms with Crippen LogP contribution in [0.4, 0.5) is 8.78 Å². The molecule has 1 N–H and O–H groups in total. The van der Waals surface area contributed by atoms with Crippen molar-refractivity contribution in [3.05, 3.63) is 35.4 Å². The van der Waals surface area contributed by atoms with E-state index < -0.39 is 6.43 Å². The molecule has 0 spiro atoms. The SMILES string of the molecule is CCCn1cc(CNCc2ccn(CC(F)F)n2)c(C)n1.Cl. The molecule has 0 aliphatic heterocycles. The average Bonchev–Trinajstić information content (AvgIpc) is 2.97. The Morgan fingerprint density at radius 2 is 2.00 bits per heavy atom. The third-order valence-corrected chi connectivity index (χ3v) is 3.14. The van der Waals surface area contributed by atoms with E-state index in [1.165, 1.54) is 4.68 Å². The Hall–Kier alpha value is -1.47. The van der Waals surface area contributed by atoms with Crippen molar-refractivity contribution in [2.45, 2.75) is 52.9 Å². The average molecular weight is 334 g/mol. The normalized spacial score (nSPS) is 11.0. The van der Waals surface area contributed by atoms with E-state index in [0.717, 1.165) is 29.9 Å². The molecular weight excluding hydrogens is 312 g/mol. The Labute approximate surface area is 135 Å². The van der Waals surface area contributed by atoms with Crippen molar-refractivity contribution in [1.29, 1.82) is 0 Å². The summed E-state index contributed by atoms with van der Waals surface area (Å²) in [7, 11) is 0. The van der Waals surface area contributed by atoms with Crippen LogP contribution < -0.4 is 5.32 Å². The minimum Gasteiger partial charge on any atom is -0.307 e. The fourth-order valence-corrected chi connectivity index (χ4v) is 2.14. The molecule has 8 heteroatoms. The van der Waals surface area contributed by atoms with E-state index in [0.29, 0.717) is 13.1 Å². The van der Waals surface area contributed by atoms with Crippen molar-refractivity contribution < 1.29 is 8.78 Å². The van der Waals surface area contributed by atoms with E-state index in [1.54, 1.807) is 12.3 Å². The highest BCUT2D eigenvalue weighted by Gasteiger charge is 2.07. The van der Waals surface area contributed by atoms with Gasteiger partial charge in [0.05, 0.1) is 11.4 Å². The van der Waals surface area contributed by atoms with Gasteiger partial charge in [0.1, 0.15) is 6.54 Å². The highest BCUT2D eigenvalue weighted by molar-refractivity contribution is 5.85. The molecule has 5 nitrogen and oxygen atoms in total. The van der Waals surface area contributed by atoms with Crippen LogP contribution in [0.25, 0.3) is 0 Å². The molecular formula is C14H22ClF2N5. The minimum atomic E-state index is -2.38. The maximum atomic E-state index is 12.2. The van der Waals surface area contributed by atoms with Crippen LogP contribution in [-0.2, 0) is 26.2 Å². The first-order chi connectivity index (χ1) is 10.1. The van der Waals surface area contributed by atoms with E-state index in [2.05, 4.69) is 22.4 Å². The largest absolute Gasteiger partial charge is 0.307 e. The topological polar surface area (TPSA) is 47.7 Å². The first-order valence-electron chi connectivity index (χ1n) is 7.12. The molecule has 2 rings (SSSR count). The molecule has 0 aromatic carbocycles. The van der Waals surface area contributed by atoms with Gasteiger partial charge in [-0.2, -0.15) is 10.2 Å². The summed E-state index contributed by atoms with van der Waals surface area (Å²) in [5.74, 6) is 0. The lowest BCUT2D eigenvalue weighted by Gasteiger charge is -2.02. The van der Waals surface area contributed by atoms with Crippen LogP contribution in [0, 0.1) is 6.92 Å². The van der Waals surface area contributed by atoms with E-state index >= 15 is 0 Å². The Morgan fingerprint density at radius 3 is 2.68 bits per heavy atom. The molecule has 0 radical (unpaired) electrons. The fourth-order valence-electron chi connectivity index (χ4n) is 2.14. The van der Waals surface area contributed by atoms with Crippen molar-refractivity contribution in [3.8, 4) is 0 Å². The van der Waals surface area contributed by atoms with Crippen LogP contribution in [0.1, 0.15) is 30.3 Å². The molecule has 124 valence electrons. The molecule has 0 fully saturated rings. The van der Waals surface area contributed by atoms with Crippen molar-refractivity contribution in [2.75, 3.05) is 0 Å². The number of hydrogen-bond acceptors (Lipinski definition) is 3. The Balaban J connectivity index is 0.00000242. The van der Waals surface area contributed by atoms with E-state index in [9.17, 15) is 8.78 Å². The number of halogens is 3. The number of rotatable bonds is 8. The molecule has 0 saturated heterocycles. The summed E-state index contributed by atoms with van der Waals surface area (Å²) in [5, 5.41) is 11.8. The van der Waals surface area contributed by atoms with Crippen molar-refractivity contribution >= 4 is 12.4 Å². The molecule has 2 aromatic heterocycles. The lowest BCUT2D eigenvalue weighted by Crippen LogP contribution is -2.14. The van der Waals surface area contributed by atoms with Gasteiger partial charge in [-0.1, -0.05) is 6.92 Å². The Bertz CT molecular complexity index is 567. The zero-order valence-corrected chi connectivity index (χ0v) is 13.6. The van der Waals surface area contributed by atoms with Gasteiger partial charge < -0.3 is 5.32 Å². The van der Waals surface area contributed by atoms with Gasteiger partial charge in [0.15, 0.2) is 0 Å². The quantitative estimate of drug-likeness (QED) is 0.808. The van der Waals surface area contributed by atoms with Gasteiger partial charge in [-0.05, 0) is 19.4 Å². The molecule has 0 bridgehead atoms. The van der Waals surface area contributed by atoms with Gasteiger partial charge in [0.25, 0.3) is 6.43 Å². The second-order valence-corrected chi connectivity index (χ2v) is 5.03. The molecule has 2 aromatic rings. The van der Waals surface area contributed by atoms with Gasteiger partial charge in [0, 0.05) is 37.6 Å². The summed E-state index contributed by atoms with van der Waals surface area (Å²) in [4.78, 5) is 0. The third-order valence-electron chi connectivity index (χ3n) is 3.14. The van der Waals surface area contributed by atoms with Gasteiger partial charge in [-0.3, -0.25) is 9.36 Å². The first kappa shape index (κ1) is 18.6. The standard InChI is InChI=1S/C14H21F2N5.ClH/c1-3-5-20-9-12(11(2)18-20)7-17-8-13-4-6-21(19-13)10-14(15)16;/h4,6,9,14,17H,3,5,7-8,10H2,1-2H3;1H. The van der Waals surface area contributed by atoms with Crippen LogP contribution >= 0.6 is 12.4 Å². The van der Waals surface area contributed by atoms with Gasteiger partial charge in [0.2, 0.25) is 0 Å². The summed E-state index contributed by atoms with van der Waals surface area (Å²) in [6, 6.07) is 1.75. The Morgan fingerprint density at radius 1 is 1.23 bits per heavy atom. The predicted octanol–water partition coefficient (Wildman–Crippen LogP) is 2.77. The van der Waals surface area contributed by atoms with Gasteiger partial charge in [-0.25, -0.2) is 8.78 Å². The van der Waals surface area contributed by atoms with Crippen molar-refractivity contribution in [3.63, 3.8) is 0 Å². The van der Waals surface area contributed by atoms with Gasteiger partial charge in [-0.15, -0.1) is 12.4 Å². The predicted molar refractivity (Wildman–Crippen MR) is 83.3 cm³/mol. The lowest BCUT2D eigenvalue weighted by molar-refractivity contribution is 0.121. The molecule has 0 aliphatic carbocycles. The number of hydrogen-bond donors (Lipinski definition) is 1. The smallest absolute Gasteiger partial charge is 0.257 e. The highest BCUT2D eigenvalue weighted by atomic mass is 35.5. The van der Waals surface area contributed by atoms with Crippen LogP contribution in [0.5, 0.6) is 0 Å². The zero-order chi connectivity index (χ0) is 15.2. The summed E-state index contributed by atoms with van der Waals surface area (Å²) in [6.45, 7) is 5.90. The summed E-state index contributed by atoms with van der Waals surface area (Å²) in [6.07, 6.45) is 2.29. The van der Waals surface area contributed by atoms with Crippen LogP contribution in [0.2, 0.25) is 0 Å². The van der Waals surface area contributed by atoms with E-state index in [-0.39, 0.29) is 19.0 Å². The highest BCUT2D eigenvalue weighted by Crippen LogP contribution is 2.06. The molecule has 2 heterocycles. The second-order valence-electron chi connectivity index (χ2n) is 5.03. The zero-order valence-electron chi connectivity index (χ0n) is 12.8. The molecule has 0 saturated carbocycles. The lowest BCUT2D eigenvalue weighted by atomic mass is 10.2. The van der Waals surface area contributed by atoms with Crippen LogP contribution in [0.3, 0.4) is 0 Å². The van der Waals surface area contributed by atoms with Crippen molar-refractivity contribution in [1.82, 2.24) is 24.9 Å². The second kappa shape index (κ2) is 8.85. The van der Waals surface area contributed by atoms with Crippen LogP contribution in [-0.4, -0.2) is 26.0 Å². The molecule has 0 aliphatic rings. The number of aryl methyl sites for hydroxylation is 2. The maximum Gasteiger partial charge on any atom is 0.257 e. The van der Waals surface area contributed by atoms with Gasteiger partial charge >= 0.3 is 0 Å². The molecule has 0 unspecified atom stereocenters. The van der Waals surface area contributed by atoms with Crippen LogP contribution in [0.15, 0.2) is 18.5 Å². The number of aromatic nitrogens is 4. The number of alkyl halides is 2. The van der Waals surface area contributed by atoms with Crippen molar-refractivity contribution in [2.24, 2.45) is 0 Å². The number of nitrogens with zero attached hydrogens (tertiary/aromatic N) is 4. The maximum absolute atomic E-state index is 12.2. The minimum absolute atomic E-state index is 0. The summed E-state index contributed by atoms with van der Waals surface area (Å²) in [5.41, 5.74) is 2.92. The van der Waals surface area contributed by atoms with E-state index in [4.69, 9.17) is 0 Å². The molecule has 0 atom stereocenters. The monoisotopic (exact) mass is 333 g/mol. The number of nitrogens with one attached hydrogen (secondary N) is 1. The summed E-state index contributed by atoms with van der Waals surface area (Å²) >= 11 is 0. The summed E-state index contributed by atoms with van der Waals surface area (Å²) < 4.78 is 27.7. The first-order valence-corrected chi connectivity index (χ1v) is 7.12. The third kappa shape index (κ3) is 5.38. The molecule has 22 heavy (non-hydrogen) atoms. The Kier molecular flexibility index (Phi) is 7.47.